The van der Waals surface area contributed by atoms with E-state index < -0.39 is 11.6 Å². The number of likely N-dealkylation sites (tertiary alicyclic amines) is 2. The number of benzene rings is 3. The highest BCUT2D eigenvalue weighted by molar-refractivity contribution is 5.94. The Bertz CT molecular complexity index is 1470. The quantitative estimate of drug-likeness (QED) is 0.313. The second kappa shape index (κ2) is 15.4. The number of nitrogens with one attached hydrogen (secondary N) is 1. The predicted octanol–water partition coefficient (Wildman–Crippen LogP) is 4.61. The number of methoxy groups -OCH3 is 1. The standard InChI is InChI=1S/C36H45N5O5/c1-39(33(42)29-14-12-27(13-15-29)26-41-22-18-36(37,19-23-41)34(43)45-2)24-25-40-20-16-30(17-21-40)46-35(44)38-32-11-7-6-10-31(32)28-8-4-3-5-9-28/h3-15,30H,16-26,37H2,1-2H3,(H,38,44). The predicted molar refractivity (Wildman–Crippen MR) is 178 cm³/mol. The zero-order valence-corrected chi connectivity index (χ0v) is 26.8. The maximum atomic E-state index is 13.1. The largest absolute Gasteiger partial charge is 0.468 e. The average molecular weight is 628 g/mol. The van der Waals surface area contributed by atoms with E-state index in [1.165, 1.54) is 7.11 Å². The van der Waals surface area contributed by atoms with Crippen molar-refractivity contribution < 1.29 is 23.9 Å². The number of carbonyl (C=O) groups excluding carboxylic acids is 3. The van der Waals surface area contributed by atoms with Crippen LogP contribution in [0.15, 0.2) is 78.9 Å². The number of rotatable bonds is 10. The van der Waals surface area contributed by atoms with E-state index in [4.69, 9.17) is 15.2 Å². The van der Waals surface area contributed by atoms with Crippen LogP contribution in [0.3, 0.4) is 0 Å². The first-order chi connectivity index (χ1) is 22.2. The van der Waals surface area contributed by atoms with E-state index in [-0.39, 0.29) is 18.0 Å². The van der Waals surface area contributed by atoms with Gasteiger partial charge in [-0.2, -0.15) is 0 Å². The SMILES string of the molecule is COC(=O)C1(N)CCN(Cc2ccc(C(=O)N(C)CCN3CCC(OC(=O)Nc4ccccc4-c4ccccc4)CC3)cc2)CC1. The van der Waals surface area contributed by atoms with Crippen LogP contribution in [-0.2, 0) is 20.8 Å². The summed E-state index contributed by atoms with van der Waals surface area (Å²) < 4.78 is 10.6. The van der Waals surface area contributed by atoms with Gasteiger partial charge in [-0.3, -0.25) is 19.8 Å². The summed E-state index contributed by atoms with van der Waals surface area (Å²) >= 11 is 0. The molecule has 0 saturated carbocycles. The van der Waals surface area contributed by atoms with Gasteiger partial charge in [-0.25, -0.2) is 4.79 Å². The summed E-state index contributed by atoms with van der Waals surface area (Å²) in [5.41, 5.74) is 9.79. The molecule has 3 N–H and O–H groups in total. The number of para-hydroxylation sites is 1. The van der Waals surface area contributed by atoms with Crippen LogP contribution in [-0.4, -0.2) is 97.7 Å². The number of nitrogens with zero attached hydrogens (tertiary/aromatic N) is 3. The van der Waals surface area contributed by atoms with E-state index in [0.717, 1.165) is 74.5 Å². The Morgan fingerprint density at radius 2 is 1.54 bits per heavy atom. The third-order valence-corrected chi connectivity index (χ3v) is 9.10. The van der Waals surface area contributed by atoms with E-state index in [1.807, 2.05) is 85.9 Å². The van der Waals surface area contributed by atoms with E-state index in [2.05, 4.69) is 15.1 Å². The van der Waals surface area contributed by atoms with Crippen molar-refractivity contribution in [3.05, 3.63) is 90.0 Å². The molecule has 0 atom stereocenters. The van der Waals surface area contributed by atoms with Gasteiger partial charge in [-0.1, -0.05) is 60.7 Å². The highest BCUT2D eigenvalue weighted by Crippen LogP contribution is 2.28. The van der Waals surface area contributed by atoms with E-state index in [9.17, 15) is 14.4 Å². The minimum atomic E-state index is -0.900. The molecular weight excluding hydrogens is 582 g/mol. The van der Waals surface area contributed by atoms with Crippen LogP contribution in [0.5, 0.6) is 0 Å². The van der Waals surface area contributed by atoms with Crippen LogP contribution in [0.2, 0.25) is 0 Å². The van der Waals surface area contributed by atoms with Crippen LogP contribution in [0, 0.1) is 0 Å². The summed E-state index contributed by atoms with van der Waals surface area (Å²) in [6.07, 6.45) is 2.03. The first-order valence-corrected chi connectivity index (χ1v) is 16.0. The van der Waals surface area contributed by atoms with Gasteiger partial charge in [0.2, 0.25) is 0 Å². The van der Waals surface area contributed by atoms with Crippen LogP contribution in [0.25, 0.3) is 11.1 Å². The van der Waals surface area contributed by atoms with Crippen LogP contribution in [0.4, 0.5) is 10.5 Å². The monoisotopic (exact) mass is 627 g/mol. The van der Waals surface area contributed by atoms with E-state index >= 15 is 0 Å². The third kappa shape index (κ3) is 8.51. The molecule has 2 heterocycles. The van der Waals surface area contributed by atoms with E-state index in [0.29, 0.717) is 24.9 Å². The van der Waals surface area contributed by atoms with Crippen LogP contribution in [0.1, 0.15) is 41.6 Å². The number of nitrogens with two attached hydrogens (primary N) is 1. The van der Waals surface area contributed by atoms with Gasteiger partial charge in [0.25, 0.3) is 5.91 Å². The summed E-state index contributed by atoms with van der Waals surface area (Å²) in [5, 5.41) is 2.93. The van der Waals surface area contributed by atoms with Gasteiger partial charge in [0.15, 0.2) is 0 Å². The number of hydrogen-bond acceptors (Lipinski definition) is 8. The van der Waals surface area contributed by atoms with Crippen molar-refractivity contribution in [2.24, 2.45) is 5.73 Å². The molecule has 2 fully saturated rings. The van der Waals surface area contributed by atoms with Crippen LogP contribution >= 0.6 is 0 Å². The molecule has 2 aliphatic rings. The normalized spacial score (nSPS) is 17.2. The number of carbonyl (C=O) groups is 3. The molecule has 10 heteroatoms. The van der Waals surface area contributed by atoms with Crippen molar-refractivity contribution in [3.63, 3.8) is 0 Å². The molecule has 0 spiro atoms. The lowest BCUT2D eigenvalue weighted by Gasteiger charge is -2.37. The fraction of sp³-hybridized carbons (Fsp3) is 0.417. The molecule has 3 aromatic carbocycles. The summed E-state index contributed by atoms with van der Waals surface area (Å²) in [7, 11) is 3.21. The van der Waals surface area contributed by atoms with Gasteiger partial charge in [0.05, 0.1) is 12.8 Å². The smallest absolute Gasteiger partial charge is 0.411 e. The molecule has 5 rings (SSSR count). The number of piperidine rings is 2. The van der Waals surface area contributed by atoms with Crippen molar-refractivity contribution >= 4 is 23.7 Å². The molecule has 3 aromatic rings. The number of hydrogen-bond donors (Lipinski definition) is 2. The molecule has 0 aromatic heterocycles. The highest BCUT2D eigenvalue weighted by atomic mass is 16.6. The van der Waals surface area contributed by atoms with Crippen molar-refractivity contribution in [3.8, 4) is 11.1 Å². The Hall–Kier alpha value is -4.25. The maximum absolute atomic E-state index is 13.1. The van der Waals surface area contributed by atoms with Gasteiger partial charge in [-0.15, -0.1) is 0 Å². The Morgan fingerprint density at radius 1 is 0.891 bits per heavy atom. The topological polar surface area (TPSA) is 117 Å². The van der Waals surface area contributed by atoms with Gasteiger partial charge in [-0.05, 0) is 55.0 Å². The maximum Gasteiger partial charge on any atom is 0.411 e. The molecule has 2 amide bonds. The Labute approximate surface area is 271 Å². The second-order valence-corrected chi connectivity index (χ2v) is 12.3. The number of amides is 2. The molecule has 2 saturated heterocycles. The Morgan fingerprint density at radius 3 is 2.22 bits per heavy atom. The molecule has 244 valence electrons. The lowest BCUT2D eigenvalue weighted by molar-refractivity contribution is -0.149. The van der Waals surface area contributed by atoms with Gasteiger partial charge >= 0.3 is 12.1 Å². The minimum Gasteiger partial charge on any atom is -0.468 e. The molecule has 2 aliphatic heterocycles. The van der Waals surface area contributed by atoms with Crippen molar-refractivity contribution in [2.45, 2.75) is 43.9 Å². The first kappa shape index (κ1) is 33.1. The highest BCUT2D eigenvalue weighted by Gasteiger charge is 2.38. The summed E-state index contributed by atoms with van der Waals surface area (Å²) in [4.78, 5) is 44.1. The lowest BCUT2D eigenvalue weighted by Crippen LogP contribution is -2.55. The lowest BCUT2D eigenvalue weighted by atomic mass is 9.88. The van der Waals surface area contributed by atoms with Gasteiger partial charge in [0.1, 0.15) is 11.6 Å². The Balaban J connectivity index is 1.01. The first-order valence-electron chi connectivity index (χ1n) is 16.0. The average Bonchev–Trinajstić information content (AvgIpc) is 3.09. The van der Waals surface area contributed by atoms with Gasteiger partial charge in [0, 0.05) is 64.0 Å². The third-order valence-electron chi connectivity index (χ3n) is 9.10. The van der Waals surface area contributed by atoms with Crippen molar-refractivity contribution in [1.82, 2.24) is 14.7 Å². The molecule has 0 bridgehead atoms. The summed E-state index contributed by atoms with van der Waals surface area (Å²) in [6, 6.07) is 25.4. The van der Waals surface area contributed by atoms with Crippen molar-refractivity contribution in [1.29, 1.82) is 0 Å². The molecule has 0 aliphatic carbocycles. The van der Waals surface area contributed by atoms with Gasteiger partial charge < -0.3 is 25.0 Å². The Kier molecular flexibility index (Phi) is 11.1. The molecule has 0 radical (unpaired) electrons. The fourth-order valence-electron chi connectivity index (χ4n) is 6.14. The number of esters is 1. The molecule has 0 unspecified atom stereocenters. The van der Waals surface area contributed by atoms with Crippen molar-refractivity contribution in [2.75, 3.05) is 58.7 Å². The second-order valence-electron chi connectivity index (χ2n) is 12.3. The summed E-state index contributed by atoms with van der Waals surface area (Å²) in [6.45, 7) is 5.14. The minimum absolute atomic E-state index is 0.0128. The van der Waals surface area contributed by atoms with Crippen LogP contribution < -0.4 is 11.1 Å². The van der Waals surface area contributed by atoms with E-state index in [1.54, 1.807) is 4.90 Å². The zero-order chi connectivity index (χ0) is 32.5. The molecule has 10 nitrogen and oxygen atoms in total. The molecule has 46 heavy (non-hydrogen) atoms. The number of anilines is 1. The number of ether oxygens (including phenoxy) is 2. The molecular formula is C36H45N5O5. The summed E-state index contributed by atoms with van der Waals surface area (Å²) in [5.74, 6) is -0.361. The number of likely N-dealkylation sites (N-methyl/N-ethyl adjacent to an activating group) is 1. The zero-order valence-electron chi connectivity index (χ0n) is 26.8. The fourth-order valence-corrected chi connectivity index (χ4v) is 6.14.